The van der Waals surface area contributed by atoms with Gasteiger partial charge >= 0.3 is 0 Å². The molecule has 0 aromatic carbocycles. The molecule has 3 aliphatic heterocycles. The smallest absolute Gasteiger partial charge is 0.198 e. The van der Waals surface area contributed by atoms with E-state index in [1.807, 2.05) is 45.9 Å². The molecule has 0 aromatic heterocycles. The summed E-state index contributed by atoms with van der Waals surface area (Å²) in [5.74, 6) is -2.21. The number of ether oxygens (including phenoxy) is 5. The molecule has 0 spiro atoms. The molecule has 13 heteroatoms. The summed E-state index contributed by atoms with van der Waals surface area (Å²) in [5.41, 5.74) is 0.984. The van der Waals surface area contributed by atoms with E-state index in [2.05, 4.69) is 39.8 Å². The quantitative estimate of drug-likeness (QED) is 0.153. The summed E-state index contributed by atoms with van der Waals surface area (Å²) in [5, 5.41) is 82.4. The van der Waals surface area contributed by atoms with Crippen LogP contribution in [0.5, 0.6) is 0 Å². The minimum absolute atomic E-state index is 0.0710. The van der Waals surface area contributed by atoms with Gasteiger partial charge in [0.2, 0.25) is 0 Å². The number of hydrogen-bond acceptors (Lipinski definition) is 13. The number of aliphatic hydroxyl groups excluding tert-OH is 6. The molecule has 21 atom stereocenters. The van der Waals surface area contributed by atoms with E-state index in [9.17, 15) is 35.7 Å². The summed E-state index contributed by atoms with van der Waals surface area (Å²) in [6.07, 6.45) is 9.68. The SMILES string of the molecule is COC1CC(C[C@@H](C)[C@H]2C[C@H](O)[C@@H](C)CC(C)C(O)C(OC)C(C)C(C)C[C@@H](C)/C=C/C=C/C=C(\C)[C@H](OC)C[C@H]3CCC(C)C(O)(O3)[C@@H](O)[C@H](O)N3CCCCC3[C@H](O)O2)CCC1O. The van der Waals surface area contributed by atoms with Gasteiger partial charge in [0.15, 0.2) is 12.1 Å². The van der Waals surface area contributed by atoms with Gasteiger partial charge in [-0.05, 0) is 118 Å². The van der Waals surface area contributed by atoms with E-state index in [4.69, 9.17) is 23.7 Å². The minimum atomic E-state index is -2.07. The van der Waals surface area contributed by atoms with Crippen molar-refractivity contribution in [3.63, 3.8) is 0 Å². The van der Waals surface area contributed by atoms with Crippen LogP contribution >= 0.6 is 0 Å². The molecule has 0 amide bonds. The van der Waals surface area contributed by atoms with Crippen LogP contribution in [0.1, 0.15) is 139 Å². The Labute approximate surface area is 392 Å². The lowest BCUT2D eigenvalue weighted by Crippen LogP contribution is -2.65. The topological polar surface area (TPSA) is 191 Å². The standard InChI is InChI=1S/C52H93NO12/c1-31-17-13-12-14-18-32(2)44(61-9)29-40-22-20-37(7)52(60,65-40)49(57)50(58)53-24-16-15-19-41(53)51(59)64-45(35(5)27-39-21-23-42(54)46(28-39)62-10)30-43(55)34(4)26-36(6)47(56)48(63-11)38(8)33(3)25-31/h12-14,17-18,31,33-51,54-60H,15-16,19-30H2,1-11H3/b14-12+,17-13+,32-18+/t31-,33?,34-,35+,36?,37?,38?,39?,40+,41?,42?,43-,44+,45+,46?,47?,48?,49-,50-,51+,52?/m0/s1. The fraction of sp³-hybridized carbons (Fsp3) is 0.885. The van der Waals surface area contributed by atoms with E-state index in [-0.39, 0.29) is 60.1 Å². The Morgan fingerprint density at radius 3 is 2.15 bits per heavy atom. The molecular weight excluding hydrogens is 831 g/mol. The zero-order valence-electron chi connectivity index (χ0n) is 42.0. The Morgan fingerprint density at radius 2 is 1.48 bits per heavy atom. The number of rotatable bonds is 6. The summed E-state index contributed by atoms with van der Waals surface area (Å²) >= 11 is 0. The van der Waals surface area contributed by atoms with Gasteiger partial charge in [0.25, 0.3) is 0 Å². The van der Waals surface area contributed by atoms with Crippen LogP contribution in [0, 0.1) is 47.3 Å². The molecule has 11 unspecified atom stereocenters. The van der Waals surface area contributed by atoms with Crippen molar-refractivity contribution < 1.29 is 59.4 Å². The van der Waals surface area contributed by atoms with Gasteiger partial charge in [0.1, 0.15) is 12.3 Å². The van der Waals surface area contributed by atoms with Gasteiger partial charge < -0.3 is 59.4 Å². The molecule has 4 rings (SSSR count). The fourth-order valence-corrected chi connectivity index (χ4v) is 11.5. The van der Waals surface area contributed by atoms with E-state index in [1.54, 1.807) is 26.2 Å². The first kappa shape index (κ1) is 56.3. The Hall–Kier alpha value is -1.30. The largest absolute Gasteiger partial charge is 0.393 e. The van der Waals surface area contributed by atoms with Crippen molar-refractivity contribution in [1.29, 1.82) is 0 Å². The van der Waals surface area contributed by atoms with Gasteiger partial charge in [-0.25, -0.2) is 0 Å². The van der Waals surface area contributed by atoms with E-state index in [1.165, 1.54) is 0 Å². The van der Waals surface area contributed by atoms with Crippen LogP contribution in [0.2, 0.25) is 0 Å². The van der Waals surface area contributed by atoms with Crippen molar-refractivity contribution >= 4 is 0 Å². The lowest BCUT2D eigenvalue weighted by atomic mass is 9.77. The summed E-state index contributed by atoms with van der Waals surface area (Å²) in [7, 11) is 4.94. The molecule has 0 radical (unpaired) electrons. The Morgan fingerprint density at radius 1 is 0.754 bits per heavy atom. The summed E-state index contributed by atoms with van der Waals surface area (Å²) in [4.78, 5) is 1.64. The van der Waals surface area contributed by atoms with Crippen molar-refractivity contribution in [3.05, 3.63) is 36.0 Å². The summed E-state index contributed by atoms with van der Waals surface area (Å²) in [6, 6.07) is -0.711. The van der Waals surface area contributed by atoms with Crippen molar-refractivity contribution in [2.45, 2.75) is 218 Å². The number of nitrogens with zero attached hydrogens (tertiary/aromatic N) is 1. The maximum Gasteiger partial charge on any atom is 0.198 e. The zero-order chi connectivity index (χ0) is 48.2. The van der Waals surface area contributed by atoms with Gasteiger partial charge in [0, 0.05) is 46.6 Å². The van der Waals surface area contributed by atoms with Crippen LogP contribution in [0.25, 0.3) is 0 Å². The molecule has 1 saturated carbocycles. The molecule has 65 heavy (non-hydrogen) atoms. The monoisotopic (exact) mass is 924 g/mol. The predicted octanol–water partition coefficient (Wildman–Crippen LogP) is 6.49. The van der Waals surface area contributed by atoms with Crippen LogP contribution < -0.4 is 0 Å². The summed E-state index contributed by atoms with van der Waals surface area (Å²) in [6.45, 7) is 16.8. The van der Waals surface area contributed by atoms with Crippen molar-refractivity contribution in [2.75, 3.05) is 27.9 Å². The van der Waals surface area contributed by atoms with Crippen LogP contribution in [-0.4, -0.2) is 148 Å². The molecule has 3 heterocycles. The molecule has 0 aromatic rings. The second-order valence-corrected chi connectivity index (χ2v) is 21.3. The molecule has 7 N–H and O–H groups in total. The predicted molar refractivity (Wildman–Crippen MR) is 253 cm³/mol. The average molecular weight is 924 g/mol. The Balaban J connectivity index is 1.67. The molecule has 2 saturated heterocycles. The number of allylic oxidation sites excluding steroid dienone is 5. The zero-order valence-corrected chi connectivity index (χ0v) is 42.0. The van der Waals surface area contributed by atoms with E-state index in [0.717, 1.165) is 31.3 Å². The lowest BCUT2D eigenvalue weighted by molar-refractivity contribution is -0.347. The third-order valence-electron chi connectivity index (χ3n) is 16.3. The summed E-state index contributed by atoms with van der Waals surface area (Å²) < 4.78 is 30.6. The highest BCUT2D eigenvalue weighted by atomic mass is 16.7. The molecule has 2 bridgehead atoms. The Kier molecular flexibility index (Phi) is 23.0. The molecule has 13 nitrogen and oxygen atoms in total. The number of hydrogen-bond donors (Lipinski definition) is 7. The van der Waals surface area contributed by atoms with E-state index < -0.39 is 73.0 Å². The van der Waals surface area contributed by atoms with Crippen LogP contribution in [0.3, 0.4) is 0 Å². The lowest BCUT2D eigenvalue weighted by Gasteiger charge is -2.49. The third kappa shape index (κ3) is 15.3. The van der Waals surface area contributed by atoms with Gasteiger partial charge in [0.05, 0.1) is 54.9 Å². The van der Waals surface area contributed by atoms with Gasteiger partial charge in [-0.3, -0.25) is 4.90 Å². The van der Waals surface area contributed by atoms with Crippen molar-refractivity contribution in [3.8, 4) is 0 Å². The first-order chi connectivity index (χ1) is 30.7. The first-order valence-corrected chi connectivity index (χ1v) is 25.3. The van der Waals surface area contributed by atoms with Gasteiger partial charge in [-0.1, -0.05) is 85.3 Å². The molecule has 378 valence electrons. The molecular formula is C52H93NO12. The number of methoxy groups -OCH3 is 3. The van der Waals surface area contributed by atoms with Crippen LogP contribution in [-0.2, 0) is 23.7 Å². The number of piperidine rings is 1. The van der Waals surface area contributed by atoms with E-state index in [0.29, 0.717) is 57.9 Å². The molecule has 3 fully saturated rings. The highest BCUT2D eigenvalue weighted by Crippen LogP contribution is 2.40. The van der Waals surface area contributed by atoms with Crippen LogP contribution in [0.4, 0.5) is 0 Å². The number of fused-ring (bicyclic) bond motifs is 3. The van der Waals surface area contributed by atoms with Gasteiger partial charge in [-0.15, -0.1) is 0 Å². The normalized spacial score (nSPS) is 46.9. The van der Waals surface area contributed by atoms with Crippen LogP contribution in [0.15, 0.2) is 36.0 Å². The fourth-order valence-electron chi connectivity index (χ4n) is 11.5. The molecule has 4 aliphatic rings. The maximum absolute atomic E-state index is 12.1. The third-order valence-corrected chi connectivity index (χ3v) is 16.3. The average Bonchev–Trinajstić information content (AvgIpc) is 3.28. The highest BCUT2D eigenvalue weighted by Gasteiger charge is 2.52. The van der Waals surface area contributed by atoms with Crippen molar-refractivity contribution in [2.24, 2.45) is 47.3 Å². The maximum atomic E-state index is 12.1. The first-order valence-electron chi connectivity index (χ1n) is 25.3. The highest BCUT2D eigenvalue weighted by molar-refractivity contribution is 5.18. The number of aliphatic hydroxyl groups is 7. The minimum Gasteiger partial charge on any atom is -0.393 e. The van der Waals surface area contributed by atoms with Gasteiger partial charge in [-0.2, -0.15) is 0 Å². The second-order valence-electron chi connectivity index (χ2n) is 21.3. The van der Waals surface area contributed by atoms with E-state index >= 15 is 0 Å². The van der Waals surface area contributed by atoms with Crippen molar-refractivity contribution in [1.82, 2.24) is 4.90 Å². The second kappa shape index (κ2) is 26.6. The Bertz CT molecular complexity index is 1460. The molecule has 1 aliphatic carbocycles.